The second kappa shape index (κ2) is 8.43. The van der Waals surface area contributed by atoms with Crippen molar-refractivity contribution in [3.05, 3.63) is 71.5 Å². The number of amides is 1. The minimum atomic E-state index is -0.261. The van der Waals surface area contributed by atoms with Gasteiger partial charge in [-0.25, -0.2) is 0 Å². The number of carbonyl (C=O) groups is 1. The van der Waals surface area contributed by atoms with E-state index in [2.05, 4.69) is 15.6 Å². The van der Waals surface area contributed by atoms with E-state index in [4.69, 9.17) is 9.47 Å². The first-order chi connectivity index (χ1) is 13.5. The molecule has 0 saturated carbocycles. The standard InChI is InChI=1S/C22H23N3O3/c1-14-6-5-7-15(2)21(14)25-22(26)19-12-16(10-11-23-19)24-18-9-8-17(27-3)13-20(18)28-4/h5-13H,1-4H3,(H,23,24)(H,25,26). The van der Waals surface area contributed by atoms with E-state index < -0.39 is 0 Å². The monoisotopic (exact) mass is 377 g/mol. The number of ether oxygens (including phenoxy) is 2. The van der Waals surface area contributed by atoms with Crippen LogP contribution in [0.15, 0.2) is 54.7 Å². The Labute approximate surface area is 164 Å². The molecular weight excluding hydrogens is 354 g/mol. The van der Waals surface area contributed by atoms with Crippen LogP contribution in [0.25, 0.3) is 0 Å². The lowest BCUT2D eigenvalue weighted by Gasteiger charge is -2.14. The van der Waals surface area contributed by atoms with E-state index >= 15 is 0 Å². The quantitative estimate of drug-likeness (QED) is 0.651. The zero-order valence-electron chi connectivity index (χ0n) is 16.4. The smallest absolute Gasteiger partial charge is 0.274 e. The van der Waals surface area contributed by atoms with E-state index in [0.717, 1.165) is 28.2 Å². The van der Waals surface area contributed by atoms with E-state index in [0.29, 0.717) is 17.2 Å². The van der Waals surface area contributed by atoms with Crippen molar-refractivity contribution in [2.75, 3.05) is 24.9 Å². The summed E-state index contributed by atoms with van der Waals surface area (Å²) in [5, 5.41) is 6.21. The van der Waals surface area contributed by atoms with Crippen LogP contribution in [0.2, 0.25) is 0 Å². The van der Waals surface area contributed by atoms with E-state index in [9.17, 15) is 4.79 Å². The van der Waals surface area contributed by atoms with Crippen LogP contribution in [-0.4, -0.2) is 25.1 Å². The average molecular weight is 377 g/mol. The van der Waals surface area contributed by atoms with Gasteiger partial charge in [-0.15, -0.1) is 0 Å². The van der Waals surface area contributed by atoms with Gasteiger partial charge in [-0.1, -0.05) is 18.2 Å². The fourth-order valence-electron chi connectivity index (χ4n) is 2.88. The third-order valence-corrected chi connectivity index (χ3v) is 4.40. The molecule has 2 aromatic carbocycles. The number of anilines is 3. The van der Waals surface area contributed by atoms with Gasteiger partial charge in [0.1, 0.15) is 17.2 Å². The lowest BCUT2D eigenvalue weighted by Crippen LogP contribution is -2.15. The Morgan fingerprint density at radius 1 is 0.964 bits per heavy atom. The van der Waals surface area contributed by atoms with Crippen molar-refractivity contribution < 1.29 is 14.3 Å². The molecule has 1 aromatic heterocycles. The minimum absolute atomic E-state index is 0.261. The molecular formula is C22H23N3O3. The van der Waals surface area contributed by atoms with Crippen LogP contribution in [0.5, 0.6) is 11.5 Å². The molecule has 0 aliphatic carbocycles. The number of methoxy groups -OCH3 is 2. The predicted molar refractivity (Wildman–Crippen MR) is 111 cm³/mol. The molecule has 6 nitrogen and oxygen atoms in total. The summed E-state index contributed by atoms with van der Waals surface area (Å²) in [5.74, 6) is 1.08. The summed E-state index contributed by atoms with van der Waals surface area (Å²) in [7, 11) is 3.20. The topological polar surface area (TPSA) is 72.5 Å². The lowest BCUT2D eigenvalue weighted by molar-refractivity contribution is 0.102. The molecule has 3 rings (SSSR count). The number of para-hydroxylation sites is 1. The van der Waals surface area contributed by atoms with Gasteiger partial charge in [-0.3, -0.25) is 9.78 Å². The highest BCUT2D eigenvalue weighted by Gasteiger charge is 2.12. The number of hydrogen-bond donors (Lipinski definition) is 2. The number of aryl methyl sites for hydroxylation is 2. The molecule has 6 heteroatoms. The molecule has 3 aromatic rings. The highest BCUT2D eigenvalue weighted by atomic mass is 16.5. The summed E-state index contributed by atoms with van der Waals surface area (Å²) in [4.78, 5) is 16.9. The van der Waals surface area contributed by atoms with Crippen LogP contribution in [0.3, 0.4) is 0 Å². The molecule has 0 fully saturated rings. The van der Waals surface area contributed by atoms with E-state index in [1.165, 1.54) is 0 Å². The summed E-state index contributed by atoms with van der Waals surface area (Å²) in [5.41, 5.74) is 4.63. The lowest BCUT2D eigenvalue weighted by atomic mass is 10.1. The van der Waals surface area contributed by atoms with E-state index in [-0.39, 0.29) is 5.91 Å². The SMILES string of the molecule is COc1ccc(Nc2ccnc(C(=O)Nc3c(C)cccc3C)c2)c(OC)c1. The van der Waals surface area contributed by atoms with Crippen molar-refractivity contribution in [3.63, 3.8) is 0 Å². The summed E-state index contributed by atoms with van der Waals surface area (Å²) in [6.07, 6.45) is 1.60. The zero-order valence-corrected chi connectivity index (χ0v) is 16.4. The van der Waals surface area contributed by atoms with Gasteiger partial charge in [0.05, 0.1) is 19.9 Å². The van der Waals surface area contributed by atoms with Gasteiger partial charge in [0.2, 0.25) is 0 Å². The van der Waals surface area contributed by atoms with Gasteiger partial charge in [0.25, 0.3) is 5.91 Å². The number of hydrogen-bond acceptors (Lipinski definition) is 5. The number of nitrogens with zero attached hydrogens (tertiary/aromatic N) is 1. The van der Waals surface area contributed by atoms with Gasteiger partial charge < -0.3 is 20.1 Å². The maximum absolute atomic E-state index is 12.7. The van der Waals surface area contributed by atoms with Crippen LogP contribution < -0.4 is 20.1 Å². The number of nitrogens with one attached hydrogen (secondary N) is 2. The van der Waals surface area contributed by atoms with E-state index in [1.807, 2.05) is 44.2 Å². The third-order valence-electron chi connectivity index (χ3n) is 4.40. The molecule has 0 aliphatic heterocycles. The molecule has 0 aliphatic rings. The Hall–Kier alpha value is -3.54. The maximum Gasteiger partial charge on any atom is 0.274 e. The first kappa shape index (κ1) is 19.2. The summed E-state index contributed by atoms with van der Waals surface area (Å²) in [6, 6.07) is 14.9. The van der Waals surface area contributed by atoms with Crippen molar-refractivity contribution in [1.29, 1.82) is 0 Å². The van der Waals surface area contributed by atoms with E-state index in [1.54, 1.807) is 38.6 Å². The van der Waals surface area contributed by atoms with Gasteiger partial charge in [0.15, 0.2) is 0 Å². The Balaban J connectivity index is 1.82. The van der Waals surface area contributed by atoms with Crippen LogP contribution in [0, 0.1) is 13.8 Å². The van der Waals surface area contributed by atoms with Crippen LogP contribution in [0.4, 0.5) is 17.1 Å². The summed E-state index contributed by atoms with van der Waals surface area (Å²) in [6.45, 7) is 3.92. The molecule has 1 amide bonds. The van der Waals surface area contributed by atoms with Gasteiger partial charge in [-0.05, 0) is 49.2 Å². The average Bonchev–Trinajstić information content (AvgIpc) is 2.71. The molecule has 2 N–H and O–H groups in total. The van der Waals surface area contributed by atoms with Crippen molar-refractivity contribution in [1.82, 2.24) is 4.98 Å². The molecule has 28 heavy (non-hydrogen) atoms. The number of rotatable bonds is 6. The number of carbonyl (C=O) groups excluding carboxylic acids is 1. The first-order valence-electron chi connectivity index (χ1n) is 8.84. The third kappa shape index (κ3) is 4.23. The van der Waals surface area contributed by atoms with Gasteiger partial charge >= 0.3 is 0 Å². The second-order valence-corrected chi connectivity index (χ2v) is 6.34. The van der Waals surface area contributed by atoms with Crippen LogP contribution in [0.1, 0.15) is 21.6 Å². The summed E-state index contributed by atoms with van der Waals surface area (Å²) >= 11 is 0. The van der Waals surface area contributed by atoms with Crippen LogP contribution in [-0.2, 0) is 0 Å². The second-order valence-electron chi connectivity index (χ2n) is 6.34. The first-order valence-corrected chi connectivity index (χ1v) is 8.84. The summed E-state index contributed by atoms with van der Waals surface area (Å²) < 4.78 is 10.6. The Morgan fingerprint density at radius 2 is 1.71 bits per heavy atom. The normalized spacial score (nSPS) is 10.3. The van der Waals surface area contributed by atoms with Crippen molar-refractivity contribution in [3.8, 4) is 11.5 Å². The van der Waals surface area contributed by atoms with Crippen molar-refractivity contribution in [2.24, 2.45) is 0 Å². The van der Waals surface area contributed by atoms with Gasteiger partial charge in [-0.2, -0.15) is 0 Å². The fraction of sp³-hybridized carbons (Fsp3) is 0.182. The molecule has 0 radical (unpaired) electrons. The Kier molecular flexibility index (Phi) is 5.79. The molecule has 0 bridgehead atoms. The molecule has 0 spiro atoms. The highest BCUT2D eigenvalue weighted by Crippen LogP contribution is 2.31. The number of aromatic nitrogens is 1. The van der Waals surface area contributed by atoms with Crippen LogP contribution >= 0.6 is 0 Å². The molecule has 0 unspecified atom stereocenters. The Morgan fingerprint density at radius 3 is 2.39 bits per heavy atom. The predicted octanol–water partition coefficient (Wildman–Crippen LogP) is 4.71. The van der Waals surface area contributed by atoms with Crippen molar-refractivity contribution >= 4 is 23.0 Å². The molecule has 0 saturated heterocycles. The number of pyridine rings is 1. The minimum Gasteiger partial charge on any atom is -0.497 e. The Bertz CT molecular complexity index is 982. The number of benzene rings is 2. The molecule has 144 valence electrons. The van der Waals surface area contributed by atoms with Crippen molar-refractivity contribution in [2.45, 2.75) is 13.8 Å². The molecule has 0 atom stereocenters. The highest BCUT2D eigenvalue weighted by molar-refractivity contribution is 6.04. The fourth-order valence-corrected chi connectivity index (χ4v) is 2.88. The molecule has 1 heterocycles. The largest absolute Gasteiger partial charge is 0.497 e. The maximum atomic E-state index is 12.7. The zero-order chi connectivity index (χ0) is 20.1. The van der Waals surface area contributed by atoms with Gasteiger partial charge in [0, 0.05) is 23.6 Å².